The zero-order valence-corrected chi connectivity index (χ0v) is 15.4. The highest BCUT2D eigenvalue weighted by molar-refractivity contribution is 5.82. The fraction of sp³-hybridized carbons (Fsp3) is 0.550. The Hall–Kier alpha value is -1.69. The molecule has 0 radical (unpaired) electrons. The van der Waals surface area contributed by atoms with Gasteiger partial charge in [0.05, 0.1) is 18.2 Å². The van der Waals surface area contributed by atoms with Crippen molar-refractivity contribution >= 4 is 10.9 Å². The Labute approximate surface area is 148 Å². The molecule has 136 valence electrons. The van der Waals surface area contributed by atoms with E-state index >= 15 is 0 Å². The van der Waals surface area contributed by atoms with Crippen LogP contribution in [0.25, 0.3) is 10.9 Å². The first-order chi connectivity index (χ1) is 12.1. The maximum atomic E-state index is 12.6. The molecule has 5 heteroatoms. The van der Waals surface area contributed by atoms with Gasteiger partial charge < -0.3 is 14.5 Å². The van der Waals surface area contributed by atoms with Gasteiger partial charge in [0.1, 0.15) is 0 Å². The molecule has 1 fully saturated rings. The number of methoxy groups -OCH3 is 1. The van der Waals surface area contributed by atoms with Gasteiger partial charge in [0.15, 0.2) is 5.43 Å². The Balaban J connectivity index is 1.84. The van der Waals surface area contributed by atoms with E-state index in [1.54, 1.807) is 13.2 Å². The normalized spacial score (nSPS) is 17.7. The molecular weight excluding hydrogens is 316 g/mol. The van der Waals surface area contributed by atoms with Crippen molar-refractivity contribution in [3.8, 4) is 0 Å². The van der Waals surface area contributed by atoms with E-state index in [4.69, 9.17) is 9.47 Å². The molecule has 2 heterocycles. The number of aryl methyl sites for hydroxylation is 2. The molecule has 1 saturated heterocycles. The summed E-state index contributed by atoms with van der Waals surface area (Å²) >= 11 is 0. The van der Waals surface area contributed by atoms with Crippen LogP contribution in [0.4, 0.5) is 0 Å². The number of nitrogens with one attached hydrogen (secondary N) is 1. The molecule has 25 heavy (non-hydrogen) atoms. The molecule has 1 N–H and O–H groups in total. The third-order valence-electron chi connectivity index (χ3n) is 4.83. The summed E-state index contributed by atoms with van der Waals surface area (Å²) in [6, 6.07) is 5.80. The molecule has 5 nitrogen and oxygen atoms in total. The van der Waals surface area contributed by atoms with Crippen LogP contribution >= 0.6 is 0 Å². The van der Waals surface area contributed by atoms with E-state index in [2.05, 4.69) is 16.0 Å². The summed E-state index contributed by atoms with van der Waals surface area (Å²) in [6.45, 7) is 7.98. The minimum Gasteiger partial charge on any atom is -0.383 e. The molecule has 0 spiro atoms. The lowest BCUT2D eigenvalue weighted by atomic mass is 10.1. The van der Waals surface area contributed by atoms with Crippen LogP contribution in [0.3, 0.4) is 0 Å². The minimum atomic E-state index is 0.0827. The van der Waals surface area contributed by atoms with Crippen molar-refractivity contribution in [1.82, 2.24) is 9.88 Å². The second kappa shape index (κ2) is 8.13. The molecule has 3 rings (SSSR count). The van der Waals surface area contributed by atoms with Crippen molar-refractivity contribution in [3.05, 3.63) is 45.2 Å². The van der Waals surface area contributed by atoms with Gasteiger partial charge in [-0.15, -0.1) is 0 Å². The molecule has 0 bridgehead atoms. The third-order valence-corrected chi connectivity index (χ3v) is 4.83. The van der Waals surface area contributed by atoms with E-state index < -0.39 is 0 Å². The summed E-state index contributed by atoms with van der Waals surface area (Å²) in [7, 11) is 1.72. The van der Waals surface area contributed by atoms with Crippen LogP contribution in [0.15, 0.2) is 23.0 Å². The van der Waals surface area contributed by atoms with Gasteiger partial charge in [-0.1, -0.05) is 6.07 Å². The number of H-pyrrole nitrogens is 1. The Morgan fingerprint density at radius 3 is 2.88 bits per heavy atom. The summed E-state index contributed by atoms with van der Waals surface area (Å²) < 4.78 is 11.0. The molecule has 0 amide bonds. The van der Waals surface area contributed by atoms with Crippen LogP contribution in [-0.4, -0.2) is 49.4 Å². The van der Waals surface area contributed by atoms with Gasteiger partial charge >= 0.3 is 0 Å². The van der Waals surface area contributed by atoms with Crippen molar-refractivity contribution in [1.29, 1.82) is 0 Å². The van der Waals surface area contributed by atoms with Crippen molar-refractivity contribution in [2.45, 2.75) is 39.3 Å². The van der Waals surface area contributed by atoms with Crippen LogP contribution in [0.2, 0.25) is 0 Å². The molecule has 1 atom stereocenters. The summed E-state index contributed by atoms with van der Waals surface area (Å²) in [5.74, 6) is 0. The average molecular weight is 344 g/mol. The molecule has 1 aromatic carbocycles. The lowest BCUT2D eigenvalue weighted by molar-refractivity contribution is 0.0583. The van der Waals surface area contributed by atoms with Gasteiger partial charge in [0.2, 0.25) is 0 Å². The lowest BCUT2D eigenvalue weighted by Crippen LogP contribution is -2.34. The van der Waals surface area contributed by atoms with Crippen LogP contribution in [-0.2, 0) is 16.0 Å². The maximum absolute atomic E-state index is 12.6. The number of benzene rings is 1. The molecule has 0 unspecified atom stereocenters. The molecule has 0 aliphatic carbocycles. The fourth-order valence-corrected chi connectivity index (χ4v) is 3.62. The summed E-state index contributed by atoms with van der Waals surface area (Å²) in [4.78, 5) is 18.3. The number of nitrogens with zero attached hydrogens (tertiary/aromatic N) is 1. The maximum Gasteiger partial charge on any atom is 0.189 e. The number of fused-ring (bicyclic) bond motifs is 1. The highest BCUT2D eigenvalue weighted by atomic mass is 16.5. The predicted molar refractivity (Wildman–Crippen MR) is 100 cm³/mol. The number of pyridine rings is 1. The molecule has 2 aromatic rings. The van der Waals surface area contributed by atoms with Crippen molar-refractivity contribution in [2.24, 2.45) is 0 Å². The largest absolute Gasteiger partial charge is 0.383 e. The number of rotatable bonds is 7. The van der Waals surface area contributed by atoms with Crippen molar-refractivity contribution in [3.63, 3.8) is 0 Å². The molecule has 1 aromatic heterocycles. The SMILES string of the molecule is COCCN(Cc1cc(=O)c2cc(C)cc(C)c2[nH]1)C[C@@H]1CCCO1. The Kier molecular flexibility index (Phi) is 5.89. The first-order valence-corrected chi connectivity index (χ1v) is 9.03. The number of hydrogen-bond acceptors (Lipinski definition) is 4. The smallest absolute Gasteiger partial charge is 0.189 e. The van der Waals surface area contributed by atoms with Crippen LogP contribution in [0, 0.1) is 13.8 Å². The topological polar surface area (TPSA) is 54.6 Å². The van der Waals surface area contributed by atoms with E-state index in [1.807, 2.05) is 19.9 Å². The van der Waals surface area contributed by atoms with Crippen LogP contribution < -0.4 is 5.43 Å². The predicted octanol–water partition coefficient (Wildman–Crippen LogP) is 2.77. The van der Waals surface area contributed by atoms with Gasteiger partial charge in [-0.05, 0) is 43.9 Å². The number of aromatic amines is 1. The summed E-state index contributed by atoms with van der Waals surface area (Å²) in [6.07, 6.45) is 2.53. The van der Waals surface area contributed by atoms with Crippen molar-refractivity contribution in [2.75, 3.05) is 33.4 Å². The highest BCUT2D eigenvalue weighted by Crippen LogP contribution is 2.18. The number of hydrogen-bond donors (Lipinski definition) is 1. The number of aromatic nitrogens is 1. The first-order valence-electron chi connectivity index (χ1n) is 9.03. The second-order valence-electron chi connectivity index (χ2n) is 7.03. The second-order valence-corrected chi connectivity index (χ2v) is 7.03. The molecule has 1 aliphatic heterocycles. The first kappa shape index (κ1) is 18.1. The van der Waals surface area contributed by atoms with Gasteiger partial charge in [0.25, 0.3) is 0 Å². The monoisotopic (exact) mass is 344 g/mol. The molecule has 1 aliphatic rings. The van der Waals surface area contributed by atoms with Gasteiger partial charge in [-0.3, -0.25) is 9.69 Å². The van der Waals surface area contributed by atoms with Gasteiger partial charge in [0, 0.05) is 50.5 Å². The minimum absolute atomic E-state index is 0.0827. The zero-order chi connectivity index (χ0) is 17.8. The van der Waals surface area contributed by atoms with Crippen LogP contribution in [0.1, 0.15) is 29.7 Å². The van der Waals surface area contributed by atoms with Gasteiger partial charge in [-0.25, -0.2) is 0 Å². The summed E-state index contributed by atoms with van der Waals surface area (Å²) in [5.41, 5.74) is 4.19. The van der Waals surface area contributed by atoms with E-state index in [-0.39, 0.29) is 11.5 Å². The van der Waals surface area contributed by atoms with E-state index in [0.29, 0.717) is 13.2 Å². The number of ether oxygens (including phenoxy) is 2. The van der Waals surface area contributed by atoms with Crippen molar-refractivity contribution < 1.29 is 9.47 Å². The van der Waals surface area contributed by atoms with E-state index in [1.165, 1.54) is 0 Å². The van der Waals surface area contributed by atoms with E-state index in [9.17, 15) is 4.79 Å². The standard InChI is InChI=1S/C20H28N2O3/c1-14-9-15(2)20-18(10-14)19(23)11-16(21-20)12-22(6-8-24-3)13-17-5-4-7-25-17/h9-11,17H,4-8,12-13H2,1-3H3,(H,21,23)/t17-/m0/s1. The molecule has 0 saturated carbocycles. The lowest BCUT2D eigenvalue weighted by Gasteiger charge is -2.25. The average Bonchev–Trinajstić information content (AvgIpc) is 3.07. The van der Waals surface area contributed by atoms with E-state index in [0.717, 1.165) is 60.3 Å². The Morgan fingerprint density at radius 2 is 2.16 bits per heavy atom. The molecular formula is C20H28N2O3. The van der Waals surface area contributed by atoms with Crippen LogP contribution in [0.5, 0.6) is 0 Å². The zero-order valence-electron chi connectivity index (χ0n) is 15.4. The quantitative estimate of drug-likeness (QED) is 0.839. The Morgan fingerprint density at radius 1 is 1.32 bits per heavy atom. The third kappa shape index (κ3) is 4.48. The van der Waals surface area contributed by atoms with Gasteiger partial charge in [-0.2, -0.15) is 0 Å². The summed E-state index contributed by atoms with van der Waals surface area (Å²) in [5, 5.41) is 0.767. The highest BCUT2D eigenvalue weighted by Gasteiger charge is 2.19. The Bertz CT molecular complexity index is 778. The fourth-order valence-electron chi connectivity index (χ4n) is 3.62.